The number of carbonyl (C=O) groups is 1. The normalized spacial score (nSPS) is 12.0. The Morgan fingerprint density at radius 3 is 2.55 bits per heavy atom. The molecule has 104 valence electrons. The van der Waals surface area contributed by atoms with Crippen LogP contribution in [0.25, 0.3) is 0 Å². The summed E-state index contributed by atoms with van der Waals surface area (Å²) in [5, 5.41) is 2.83. The third-order valence-electron chi connectivity index (χ3n) is 3.19. The van der Waals surface area contributed by atoms with E-state index in [9.17, 15) is 9.18 Å². The minimum atomic E-state index is -0.533. The molecule has 0 saturated heterocycles. The standard InChI is InChI=1S/C16H15BrFNO/c1-10-6-3-4-7-12(10)11(2)19-16(20)15-13(17)8-5-9-14(15)18/h3-9,11H,1-2H3,(H,19,20). The molecule has 0 spiro atoms. The van der Waals surface area contributed by atoms with E-state index in [2.05, 4.69) is 21.2 Å². The largest absolute Gasteiger partial charge is 0.345 e. The molecule has 1 unspecified atom stereocenters. The van der Waals surface area contributed by atoms with Crippen molar-refractivity contribution in [1.82, 2.24) is 5.32 Å². The number of nitrogens with one attached hydrogen (secondary N) is 1. The molecule has 1 amide bonds. The van der Waals surface area contributed by atoms with Crippen molar-refractivity contribution in [2.75, 3.05) is 0 Å². The van der Waals surface area contributed by atoms with Crippen LogP contribution in [-0.4, -0.2) is 5.91 Å². The van der Waals surface area contributed by atoms with Crippen molar-refractivity contribution in [3.63, 3.8) is 0 Å². The summed E-state index contributed by atoms with van der Waals surface area (Å²) in [4.78, 5) is 12.2. The van der Waals surface area contributed by atoms with Crippen molar-refractivity contribution in [3.05, 3.63) is 69.4 Å². The van der Waals surface area contributed by atoms with E-state index in [1.54, 1.807) is 12.1 Å². The second-order valence-electron chi connectivity index (χ2n) is 4.65. The van der Waals surface area contributed by atoms with Gasteiger partial charge in [0.15, 0.2) is 0 Å². The minimum absolute atomic E-state index is 0.0351. The van der Waals surface area contributed by atoms with Crippen molar-refractivity contribution < 1.29 is 9.18 Å². The van der Waals surface area contributed by atoms with Crippen LogP contribution in [0.15, 0.2) is 46.9 Å². The fourth-order valence-electron chi connectivity index (χ4n) is 2.13. The molecule has 1 N–H and O–H groups in total. The second kappa shape index (κ2) is 6.18. The van der Waals surface area contributed by atoms with E-state index >= 15 is 0 Å². The predicted molar refractivity (Wildman–Crippen MR) is 81.2 cm³/mol. The van der Waals surface area contributed by atoms with Crippen molar-refractivity contribution in [1.29, 1.82) is 0 Å². The Hall–Kier alpha value is -1.68. The fourth-order valence-corrected chi connectivity index (χ4v) is 2.66. The Kier molecular flexibility index (Phi) is 4.55. The van der Waals surface area contributed by atoms with Gasteiger partial charge in [0.2, 0.25) is 0 Å². The lowest BCUT2D eigenvalue weighted by Crippen LogP contribution is -2.28. The molecule has 0 aliphatic rings. The third kappa shape index (κ3) is 3.07. The zero-order valence-corrected chi connectivity index (χ0v) is 12.9. The lowest BCUT2D eigenvalue weighted by Gasteiger charge is -2.17. The summed E-state index contributed by atoms with van der Waals surface area (Å²) in [5.41, 5.74) is 2.15. The molecule has 20 heavy (non-hydrogen) atoms. The average molecular weight is 336 g/mol. The first kappa shape index (κ1) is 14.7. The molecular weight excluding hydrogens is 321 g/mol. The van der Waals surface area contributed by atoms with Gasteiger partial charge in [-0.2, -0.15) is 0 Å². The molecule has 0 heterocycles. The van der Waals surface area contributed by atoms with Crippen molar-refractivity contribution >= 4 is 21.8 Å². The smallest absolute Gasteiger partial charge is 0.255 e. The lowest BCUT2D eigenvalue weighted by molar-refractivity contribution is 0.0935. The second-order valence-corrected chi connectivity index (χ2v) is 5.50. The summed E-state index contributed by atoms with van der Waals surface area (Å²) in [6, 6.07) is 12.1. The number of amides is 1. The highest BCUT2D eigenvalue weighted by atomic mass is 79.9. The van der Waals surface area contributed by atoms with Gasteiger partial charge in [-0.3, -0.25) is 4.79 Å². The average Bonchev–Trinajstić information content (AvgIpc) is 2.38. The SMILES string of the molecule is Cc1ccccc1C(C)NC(=O)c1c(F)cccc1Br. The van der Waals surface area contributed by atoms with Gasteiger partial charge in [-0.1, -0.05) is 30.3 Å². The van der Waals surface area contributed by atoms with E-state index in [1.165, 1.54) is 6.07 Å². The first-order valence-electron chi connectivity index (χ1n) is 6.31. The molecule has 0 aromatic heterocycles. The molecule has 0 fully saturated rings. The van der Waals surface area contributed by atoms with Crippen LogP contribution < -0.4 is 5.32 Å². The van der Waals surface area contributed by atoms with Crippen LogP contribution in [0.3, 0.4) is 0 Å². The van der Waals surface area contributed by atoms with Crippen LogP contribution in [0.4, 0.5) is 4.39 Å². The van der Waals surface area contributed by atoms with Gasteiger partial charge < -0.3 is 5.32 Å². The zero-order chi connectivity index (χ0) is 14.7. The fraction of sp³-hybridized carbons (Fsp3) is 0.188. The molecule has 0 radical (unpaired) electrons. The Morgan fingerprint density at radius 1 is 1.20 bits per heavy atom. The highest BCUT2D eigenvalue weighted by molar-refractivity contribution is 9.10. The van der Waals surface area contributed by atoms with Gasteiger partial charge in [0.25, 0.3) is 5.91 Å². The number of halogens is 2. The van der Waals surface area contributed by atoms with E-state index in [1.807, 2.05) is 38.1 Å². The van der Waals surface area contributed by atoms with Gasteiger partial charge >= 0.3 is 0 Å². The third-order valence-corrected chi connectivity index (χ3v) is 3.85. The van der Waals surface area contributed by atoms with Crippen LogP contribution >= 0.6 is 15.9 Å². The molecule has 0 bridgehead atoms. The van der Waals surface area contributed by atoms with Gasteiger partial charge in [0.1, 0.15) is 5.82 Å². The Balaban J connectivity index is 2.22. The maximum absolute atomic E-state index is 13.7. The predicted octanol–water partition coefficient (Wildman–Crippen LogP) is 4.39. The van der Waals surface area contributed by atoms with E-state index in [0.29, 0.717) is 4.47 Å². The summed E-state index contributed by atoms with van der Waals surface area (Å²) in [6.07, 6.45) is 0. The summed E-state index contributed by atoms with van der Waals surface area (Å²) in [6.45, 7) is 3.87. The highest BCUT2D eigenvalue weighted by Gasteiger charge is 2.18. The van der Waals surface area contributed by atoms with E-state index in [4.69, 9.17) is 0 Å². The molecule has 1 atom stereocenters. The van der Waals surface area contributed by atoms with Gasteiger partial charge in [-0.05, 0) is 53.0 Å². The molecule has 2 aromatic rings. The van der Waals surface area contributed by atoms with E-state index in [0.717, 1.165) is 11.1 Å². The number of hydrogen-bond donors (Lipinski definition) is 1. The Bertz CT molecular complexity index is 622. The lowest BCUT2D eigenvalue weighted by atomic mass is 10.0. The summed E-state index contributed by atoms with van der Waals surface area (Å²) in [5.74, 6) is -0.959. The number of aryl methyl sites for hydroxylation is 1. The number of benzene rings is 2. The first-order chi connectivity index (χ1) is 9.50. The first-order valence-corrected chi connectivity index (χ1v) is 7.10. The molecule has 2 nitrogen and oxygen atoms in total. The molecule has 2 rings (SSSR count). The summed E-state index contributed by atoms with van der Waals surface area (Å²) >= 11 is 3.21. The van der Waals surface area contributed by atoms with Gasteiger partial charge in [-0.25, -0.2) is 4.39 Å². The summed E-state index contributed by atoms with van der Waals surface area (Å²) < 4.78 is 14.2. The van der Waals surface area contributed by atoms with Crippen LogP contribution in [0.2, 0.25) is 0 Å². The van der Waals surface area contributed by atoms with Crippen molar-refractivity contribution in [2.45, 2.75) is 19.9 Å². The quantitative estimate of drug-likeness (QED) is 0.885. The molecule has 2 aromatic carbocycles. The van der Waals surface area contributed by atoms with Crippen LogP contribution in [0.1, 0.15) is 34.5 Å². The molecule has 0 saturated carbocycles. The minimum Gasteiger partial charge on any atom is -0.345 e. The maximum atomic E-state index is 13.7. The summed E-state index contributed by atoms with van der Waals surface area (Å²) in [7, 11) is 0. The van der Waals surface area contributed by atoms with Crippen molar-refractivity contribution in [3.8, 4) is 0 Å². The number of rotatable bonds is 3. The van der Waals surface area contributed by atoms with Crippen LogP contribution in [-0.2, 0) is 0 Å². The van der Waals surface area contributed by atoms with Gasteiger partial charge in [0.05, 0.1) is 11.6 Å². The molecule has 4 heteroatoms. The molecular formula is C16H15BrFNO. The zero-order valence-electron chi connectivity index (χ0n) is 11.3. The van der Waals surface area contributed by atoms with Crippen molar-refractivity contribution in [2.24, 2.45) is 0 Å². The maximum Gasteiger partial charge on any atom is 0.255 e. The number of carbonyl (C=O) groups excluding carboxylic acids is 1. The van der Waals surface area contributed by atoms with Gasteiger partial charge in [0, 0.05) is 4.47 Å². The number of hydrogen-bond acceptors (Lipinski definition) is 1. The van der Waals surface area contributed by atoms with Gasteiger partial charge in [-0.15, -0.1) is 0 Å². The molecule has 0 aliphatic heterocycles. The highest BCUT2D eigenvalue weighted by Crippen LogP contribution is 2.22. The van der Waals surface area contributed by atoms with Crippen LogP contribution in [0.5, 0.6) is 0 Å². The monoisotopic (exact) mass is 335 g/mol. The topological polar surface area (TPSA) is 29.1 Å². The Labute approximate surface area is 126 Å². The van der Waals surface area contributed by atoms with Crippen LogP contribution in [0, 0.1) is 12.7 Å². The van der Waals surface area contributed by atoms with E-state index in [-0.39, 0.29) is 11.6 Å². The van der Waals surface area contributed by atoms with E-state index < -0.39 is 11.7 Å². The Morgan fingerprint density at radius 2 is 1.90 bits per heavy atom. The molecule has 0 aliphatic carbocycles.